The van der Waals surface area contributed by atoms with Crippen LogP contribution in [0, 0.1) is 0 Å². The van der Waals surface area contributed by atoms with Gasteiger partial charge in [0.25, 0.3) is 0 Å². The maximum Gasteiger partial charge on any atom is 0.326 e. The Morgan fingerprint density at radius 3 is 1.32 bits per heavy atom. The van der Waals surface area contributed by atoms with Crippen molar-refractivity contribution in [2.75, 3.05) is 0 Å². The van der Waals surface area contributed by atoms with Crippen molar-refractivity contribution in [3.8, 4) is 0 Å². The fraction of sp³-hybridized carbons (Fsp3) is 0.591. The van der Waals surface area contributed by atoms with E-state index in [9.17, 15) is 43.2 Å². The highest BCUT2D eigenvalue weighted by molar-refractivity contribution is 5.96. The van der Waals surface area contributed by atoms with Crippen molar-refractivity contribution < 1.29 is 68.7 Å². The molecule has 0 saturated carbocycles. The van der Waals surface area contributed by atoms with Gasteiger partial charge in [0, 0.05) is 19.3 Å². The number of hydrogen-bond acceptors (Lipinski definition) is 10. The SMILES string of the molecule is C[C@H](NC(=O)[C@@H](N)CCC(=O)O)C(=O)N[C@@H](CCC(=O)O)C(=O)N[C@@H](CCC(=O)O)C(=O)N[C@@H](CC(=O)O)C(=O)O. The van der Waals surface area contributed by atoms with Crippen LogP contribution in [0.5, 0.6) is 0 Å². The van der Waals surface area contributed by atoms with Crippen LogP contribution < -0.4 is 27.0 Å². The van der Waals surface area contributed by atoms with Crippen LogP contribution in [0.3, 0.4) is 0 Å². The van der Waals surface area contributed by atoms with Crippen LogP contribution in [-0.2, 0) is 43.2 Å². The van der Waals surface area contributed by atoms with E-state index < -0.39 is 122 Å². The average Bonchev–Trinajstić information content (AvgIpc) is 2.85. The predicted octanol–water partition coefficient (Wildman–Crippen LogP) is -3.57. The Hall–Kier alpha value is -4.81. The first kappa shape index (κ1) is 36.2. The van der Waals surface area contributed by atoms with Crippen LogP contribution in [0.1, 0.15) is 51.9 Å². The van der Waals surface area contributed by atoms with Crippen molar-refractivity contribution >= 4 is 53.5 Å². The normalized spacial score (nSPS) is 14.2. The number of hydrogen-bond donors (Lipinski definition) is 10. The highest BCUT2D eigenvalue weighted by atomic mass is 16.4. The number of amides is 4. The summed E-state index contributed by atoms with van der Waals surface area (Å²) in [6.45, 7) is 1.18. The molecule has 0 aliphatic rings. The predicted molar refractivity (Wildman–Crippen MR) is 132 cm³/mol. The summed E-state index contributed by atoms with van der Waals surface area (Å²) >= 11 is 0. The molecule has 41 heavy (non-hydrogen) atoms. The molecule has 0 aromatic rings. The van der Waals surface area contributed by atoms with Crippen molar-refractivity contribution in [3.05, 3.63) is 0 Å². The quantitative estimate of drug-likeness (QED) is 0.0654. The molecule has 0 aromatic heterocycles. The van der Waals surface area contributed by atoms with Crippen LogP contribution in [0.15, 0.2) is 0 Å². The number of carboxylic acid groups (broad SMARTS) is 5. The van der Waals surface area contributed by atoms with Gasteiger partial charge in [0.2, 0.25) is 23.6 Å². The molecule has 0 heterocycles. The Kier molecular flexibility index (Phi) is 15.6. The van der Waals surface area contributed by atoms with Gasteiger partial charge < -0.3 is 52.5 Å². The van der Waals surface area contributed by atoms with Gasteiger partial charge in [-0.3, -0.25) is 38.4 Å². The van der Waals surface area contributed by atoms with E-state index in [4.69, 9.17) is 31.3 Å². The molecular weight excluding hydrogens is 558 g/mol. The lowest BCUT2D eigenvalue weighted by Gasteiger charge is -2.25. The Morgan fingerprint density at radius 1 is 0.537 bits per heavy atom. The largest absolute Gasteiger partial charge is 0.481 e. The summed E-state index contributed by atoms with van der Waals surface area (Å²) in [6, 6.07) is -7.94. The number of carbonyl (C=O) groups is 9. The molecular formula is C22H33N5O14. The Balaban J connectivity index is 5.68. The Morgan fingerprint density at radius 2 is 0.927 bits per heavy atom. The van der Waals surface area contributed by atoms with Crippen molar-refractivity contribution in [1.29, 1.82) is 0 Å². The molecule has 4 amide bonds. The molecule has 0 aliphatic heterocycles. The van der Waals surface area contributed by atoms with Crippen LogP contribution >= 0.6 is 0 Å². The maximum absolute atomic E-state index is 12.9. The number of nitrogens with one attached hydrogen (secondary N) is 4. The number of rotatable bonds is 20. The third-order valence-electron chi connectivity index (χ3n) is 5.31. The van der Waals surface area contributed by atoms with E-state index in [-0.39, 0.29) is 6.42 Å². The average molecular weight is 592 g/mol. The lowest BCUT2D eigenvalue weighted by molar-refractivity contribution is -0.147. The summed E-state index contributed by atoms with van der Waals surface area (Å²) in [7, 11) is 0. The van der Waals surface area contributed by atoms with Gasteiger partial charge in [-0.2, -0.15) is 0 Å². The second-order valence-electron chi connectivity index (χ2n) is 8.75. The Bertz CT molecular complexity index is 1030. The van der Waals surface area contributed by atoms with Crippen molar-refractivity contribution in [2.45, 2.75) is 82.1 Å². The molecule has 11 N–H and O–H groups in total. The summed E-state index contributed by atoms with van der Waals surface area (Å²) in [6.07, 6.45) is -4.19. The summed E-state index contributed by atoms with van der Waals surface area (Å²) < 4.78 is 0. The standard InChI is InChI=1S/C22H33N5O14/c1-9(24-19(37)10(23)2-5-14(28)29)18(36)25-11(3-6-15(30)31)20(38)26-12(4-7-16(32)33)21(39)27-13(22(40)41)8-17(34)35/h9-13H,2-8,23H2,1H3,(H,24,37)(H,25,36)(H,26,38)(H,27,39)(H,28,29)(H,30,31)(H,32,33)(H,34,35)(H,40,41)/t9-,10-,11-,12-,13-/m0/s1. The van der Waals surface area contributed by atoms with Gasteiger partial charge in [-0.25, -0.2) is 4.79 Å². The minimum absolute atomic E-state index is 0.242. The number of carbonyl (C=O) groups excluding carboxylic acids is 4. The fourth-order valence-corrected chi connectivity index (χ4v) is 3.09. The number of nitrogens with two attached hydrogens (primary N) is 1. The third-order valence-corrected chi connectivity index (χ3v) is 5.31. The van der Waals surface area contributed by atoms with E-state index in [0.29, 0.717) is 0 Å². The molecule has 0 aliphatic carbocycles. The van der Waals surface area contributed by atoms with Gasteiger partial charge >= 0.3 is 29.8 Å². The zero-order valence-electron chi connectivity index (χ0n) is 21.8. The van der Waals surface area contributed by atoms with E-state index in [1.54, 1.807) is 0 Å². The molecule has 19 heteroatoms. The molecule has 0 radical (unpaired) electrons. The molecule has 0 unspecified atom stereocenters. The third kappa shape index (κ3) is 15.4. The number of carboxylic acids is 5. The molecule has 0 bridgehead atoms. The highest BCUT2D eigenvalue weighted by Gasteiger charge is 2.32. The second-order valence-corrected chi connectivity index (χ2v) is 8.75. The molecule has 19 nitrogen and oxygen atoms in total. The van der Waals surface area contributed by atoms with Gasteiger partial charge in [-0.1, -0.05) is 0 Å². The Labute approximate surface area is 231 Å². The molecule has 5 atom stereocenters. The van der Waals surface area contributed by atoms with Gasteiger partial charge in [-0.05, 0) is 26.2 Å². The van der Waals surface area contributed by atoms with Crippen molar-refractivity contribution in [2.24, 2.45) is 5.73 Å². The summed E-state index contributed by atoms with van der Waals surface area (Å²) in [5, 5.41) is 53.0. The van der Waals surface area contributed by atoms with Gasteiger partial charge in [-0.15, -0.1) is 0 Å². The lowest BCUT2D eigenvalue weighted by atomic mass is 10.1. The van der Waals surface area contributed by atoms with Crippen LogP contribution in [-0.4, -0.2) is 109 Å². The first-order chi connectivity index (χ1) is 18.9. The van der Waals surface area contributed by atoms with E-state index >= 15 is 0 Å². The molecule has 0 spiro atoms. The molecule has 0 saturated heterocycles. The first-order valence-corrected chi connectivity index (χ1v) is 12.0. The van der Waals surface area contributed by atoms with Crippen LogP contribution in [0.4, 0.5) is 0 Å². The first-order valence-electron chi connectivity index (χ1n) is 12.0. The smallest absolute Gasteiger partial charge is 0.326 e. The zero-order chi connectivity index (χ0) is 31.9. The lowest BCUT2D eigenvalue weighted by Crippen LogP contribution is -2.58. The van der Waals surface area contributed by atoms with E-state index in [0.717, 1.165) is 0 Å². The number of aliphatic carboxylic acids is 5. The summed E-state index contributed by atoms with van der Waals surface area (Å²) in [5.41, 5.74) is 5.57. The second kappa shape index (κ2) is 17.7. The summed E-state index contributed by atoms with van der Waals surface area (Å²) in [5.74, 6) is -11.6. The van der Waals surface area contributed by atoms with Gasteiger partial charge in [0.05, 0.1) is 12.5 Å². The molecule has 0 rings (SSSR count). The molecule has 230 valence electrons. The summed E-state index contributed by atoms with van der Waals surface area (Å²) in [4.78, 5) is 105. The monoisotopic (exact) mass is 591 g/mol. The van der Waals surface area contributed by atoms with Crippen LogP contribution in [0.25, 0.3) is 0 Å². The van der Waals surface area contributed by atoms with Gasteiger partial charge in [0.15, 0.2) is 0 Å². The highest BCUT2D eigenvalue weighted by Crippen LogP contribution is 2.05. The minimum Gasteiger partial charge on any atom is -0.481 e. The topological polar surface area (TPSA) is 329 Å². The van der Waals surface area contributed by atoms with Crippen molar-refractivity contribution in [3.63, 3.8) is 0 Å². The van der Waals surface area contributed by atoms with Crippen LogP contribution in [0.2, 0.25) is 0 Å². The minimum atomic E-state index is -1.93. The molecule has 0 aromatic carbocycles. The maximum atomic E-state index is 12.9. The van der Waals surface area contributed by atoms with Gasteiger partial charge in [0.1, 0.15) is 24.2 Å². The van der Waals surface area contributed by atoms with E-state index in [1.807, 2.05) is 5.32 Å². The van der Waals surface area contributed by atoms with Crippen molar-refractivity contribution in [1.82, 2.24) is 21.3 Å². The fourth-order valence-electron chi connectivity index (χ4n) is 3.09. The molecule has 0 fully saturated rings. The van der Waals surface area contributed by atoms with E-state index in [1.165, 1.54) is 6.92 Å². The zero-order valence-corrected chi connectivity index (χ0v) is 21.8. The van der Waals surface area contributed by atoms with E-state index in [2.05, 4.69) is 16.0 Å².